The Morgan fingerprint density at radius 1 is 1.42 bits per heavy atom. The molecule has 2 N–H and O–H groups in total. The van der Waals surface area contributed by atoms with Gasteiger partial charge in [-0.25, -0.2) is 0 Å². The van der Waals surface area contributed by atoms with Gasteiger partial charge in [-0.1, -0.05) is 19.1 Å². The second-order valence-electron chi connectivity index (χ2n) is 5.34. The summed E-state index contributed by atoms with van der Waals surface area (Å²) < 4.78 is 5.44. The van der Waals surface area contributed by atoms with Crippen molar-refractivity contribution in [3.63, 3.8) is 0 Å². The highest BCUT2D eigenvalue weighted by Crippen LogP contribution is 2.20. The second kappa shape index (κ2) is 7.51. The molecule has 19 heavy (non-hydrogen) atoms. The van der Waals surface area contributed by atoms with Crippen LogP contribution < -0.4 is 15.4 Å². The summed E-state index contributed by atoms with van der Waals surface area (Å²) in [6.45, 7) is 6.51. The Bertz CT molecular complexity index is 386. The largest absolute Gasteiger partial charge is 0.496 e. The molecule has 1 aromatic rings. The Morgan fingerprint density at radius 3 is 3.00 bits per heavy atom. The summed E-state index contributed by atoms with van der Waals surface area (Å²) in [5.74, 6) is 1.76. The first kappa shape index (κ1) is 14.4. The van der Waals surface area contributed by atoms with Crippen molar-refractivity contribution in [2.24, 2.45) is 5.92 Å². The maximum Gasteiger partial charge on any atom is 0.123 e. The maximum absolute atomic E-state index is 5.44. The van der Waals surface area contributed by atoms with Crippen LogP contribution in [-0.4, -0.2) is 26.7 Å². The zero-order valence-corrected chi connectivity index (χ0v) is 12.2. The first-order valence-electron chi connectivity index (χ1n) is 7.40. The number of benzene rings is 1. The number of aryl methyl sites for hydroxylation is 1. The molecule has 0 aromatic heterocycles. The highest BCUT2D eigenvalue weighted by Gasteiger charge is 2.12. The smallest absolute Gasteiger partial charge is 0.123 e. The first-order valence-corrected chi connectivity index (χ1v) is 7.40. The molecule has 0 bridgehead atoms. The lowest BCUT2D eigenvalue weighted by Gasteiger charge is -2.23. The van der Waals surface area contributed by atoms with Gasteiger partial charge in [-0.2, -0.15) is 0 Å². The highest BCUT2D eigenvalue weighted by molar-refractivity contribution is 5.37. The standard InChI is InChI=1S/C16H26N2O/c1-3-13-6-7-16(19-2)15(9-13)12-18-11-14-5-4-8-17-10-14/h6-7,9,14,17-18H,3-5,8,10-12H2,1-2H3. The fourth-order valence-electron chi connectivity index (χ4n) is 2.70. The Kier molecular flexibility index (Phi) is 5.67. The van der Waals surface area contributed by atoms with Crippen molar-refractivity contribution in [2.45, 2.75) is 32.7 Å². The number of rotatable bonds is 6. The molecule has 0 saturated carbocycles. The molecule has 1 unspecified atom stereocenters. The number of methoxy groups -OCH3 is 1. The van der Waals surface area contributed by atoms with Crippen molar-refractivity contribution in [3.8, 4) is 5.75 Å². The van der Waals surface area contributed by atoms with Crippen molar-refractivity contribution < 1.29 is 4.74 Å². The van der Waals surface area contributed by atoms with E-state index in [1.807, 2.05) is 0 Å². The van der Waals surface area contributed by atoms with Crippen LogP contribution in [0, 0.1) is 5.92 Å². The Labute approximate surface area is 116 Å². The van der Waals surface area contributed by atoms with Gasteiger partial charge < -0.3 is 15.4 Å². The molecule has 1 aliphatic rings. The molecule has 3 nitrogen and oxygen atoms in total. The molecule has 2 rings (SSSR count). The number of ether oxygens (including phenoxy) is 1. The Hall–Kier alpha value is -1.06. The van der Waals surface area contributed by atoms with Crippen molar-refractivity contribution in [1.82, 2.24) is 10.6 Å². The van der Waals surface area contributed by atoms with Crippen LogP contribution in [0.25, 0.3) is 0 Å². The summed E-state index contributed by atoms with van der Waals surface area (Å²) in [5.41, 5.74) is 2.64. The van der Waals surface area contributed by atoms with Crippen molar-refractivity contribution in [3.05, 3.63) is 29.3 Å². The van der Waals surface area contributed by atoms with Gasteiger partial charge in [0, 0.05) is 12.1 Å². The van der Waals surface area contributed by atoms with E-state index in [0.29, 0.717) is 0 Å². The normalized spacial score (nSPS) is 19.4. The molecule has 106 valence electrons. The molecule has 0 amide bonds. The third-order valence-electron chi connectivity index (χ3n) is 3.90. The van der Waals surface area contributed by atoms with Gasteiger partial charge in [0.05, 0.1) is 7.11 Å². The minimum atomic E-state index is 0.772. The highest BCUT2D eigenvalue weighted by atomic mass is 16.5. The minimum Gasteiger partial charge on any atom is -0.496 e. The SMILES string of the molecule is CCc1ccc(OC)c(CNCC2CCCNC2)c1. The molecule has 0 radical (unpaired) electrons. The van der Waals surface area contributed by atoms with Gasteiger partial charge >= 0.3 is 0 Å². The van der Waals surface area contributed by atoms with Crippen LogP contribution in [0.4, 0.5) is 0 Å². The lowest BCUT2D eigenvalue weighted by Crippen LogP contribution is -2.35. The van der Waals surface area contributed by atoms with Crippen molar-refractivity contribution >= 4 is 0 Å². The van der Waals surface area contributed by atoms with E-state index in [-0.39, 0.29) is 0 Å². The third kappa shape index (κ3) is 4.22. The molecular weight excluding hydrogens is 236 g/mol. The lowest BCUT2D eigenvalue weighted by atomic mass is 9.99. The fourth-order valence-corrected chi connectivity index (χ4v) is 2.70. The van der Waals surface area contributed by atoms with Crippen LogP contribution in [-0.2, 0) is 13.0 Å². The van der Waals surface area contributed by atoms with E-state index in [4.69, 9.17) is 4.74 Å². The van der Waals surface area contributed by atoms with Crippen LogP contribution in [0.5, 0.6) is 5.75 Å². The summed E-state index contributed by atoms with van der Waals surface area (Å²) >= 11 is 0. The molecule has 1 heterocycles. The molecule has 0 aliphatic carbocycles. The number of nitrogens with one attached hydrogen (secondary N) is 2. The van der Waals surface area contributed by atoms with E-state index in [1.54, 1.807) is 7.11 Å². The van der Waals surface area contributed by atoms with Crippen LogP contribution in [0.2, 0.25) is 0 Å². The van der Waals surface area contributed by atoms with Crippen LogP contribution in [0.15, 0.2) is 18.2 Å². The molecule has 3 heteroatoms. The van der Waals surface area contributed by atoms with E-state index in [1.165, 1.54) is 30.5 Å². The van der Waals surface area contributed by atoms with Gasteiger partial charge in [0.25, 0.3) is 0 Å². The predicted octanol–water partition coefficient (Wildman–Crippen LogP) is 2.35. The zero-order chi connectivity index (χ0) is 13.5. The molecule has 1 aliphatic heterocycles. The molecule has 1 saturated heterocycles. The molecule has 0 spiro atoms. The van der Waals surface area contributed by atoms with E-state index < -0.39 is 0 Å². The molecule has 1 fully saturated rings. The minimum absolute atomic E-state index is 0.772. The number of hydrogen-bond donors (Lipinski definition) is 2. The predicted molar refractivity (Wildman–Crippen MR) is 79.7 cm³/mol. The summed E-state index contributed by atoms with van der Waals surface area (Å²) in [6.07, 6.45) is 3.72. The third-order valence-corrected chi connectivity index (χ3v) is 3.90. The quantitative estimate of drug-likeness (QED) is 0.825. The van der Waals surface area contributed by atoms with E-state index >= 15 is 0 Å². The van der Waals surface area contributed by atoms with E-state index in [9.17, 15) is 0 Å². The van der Waals surface area contributed by atoms with Gasteiger partial charge in [0.15, 0.2) is 0 Å². The molecule has 1 atom stereocenters. The summed E-state index contributed by atoms with van der Waals surface area (Å²) in [6, 6.07) is 6.48. The second-order valence-corrected chi connectivity index (χ2v) is 5.34. The average molecular weight is 262 g/mol. The van der Waals surface area contributed by atoms with Crippen molar-refractivity contribution in [1.29, 1.82) is 0 Å². The zero-order valence-electron chi connectivity index (χ0n) is 12.2. The number of piperidine rings is 1. The first-order chi connectivity index (χ1) is 9.33. The van der Waals surface area contributed by atoms with Gasteiger partial charge in [-0.05, 0) is 56.4 Å². The van der Waals surface area contributed by atoms with E-state index in [0.717, 1.165) is 37.7 Å². The van der Waals surface area contributed by atoms with E-state index in [2.05, 4.69) is 35.8 Å². The van der Waals surface area contributed by atoms with Crippen LogP contribution in [0.1, 0.15) is 30.9 Å². The molecule has 1 aromatic carbocycles. The average Bonchev–Trinajstić information content (AvgIpc) is 2.48. The maximum atomic E-state index is 5.44. The summed E-state index contributed by atoms with van der Waals surface area (Å²) in [5, 5.41) is 7.04. The van der Waals surface area contributed by atoms with Gasteiger partial charge in [-0.3, -0.25) is 0 Å². The van der Waals surface area contributed by atoms with Gasteiger partial charge in [0.1, 0.15) is 5.75 Å². The summed E-state index contributed by atoms with van der Waals surface area (Å²) in [4.78, 5) is 0. The lowest BCUT2D eigenvalue weighted by molar-refractivity contribution is 0.357. The van der Waals surface area contributed by atoms with Gasteiger partial charge in [0.2, 0.25) is 0 Å². The Balaban J connectivity index is 1.86. The van der Waals surface area contributed by atoms with Crippen LogP contribution >= 0.6 is 0 Å². The fraction of sp³-hybridized carbons (Fsp3) is 0.625. The van der Waals surface area contributed by atoms with Gasteiger partial charge in [-0.15, -0.1) is 0 Å². The molecular formula is C16H26N2O. The monoisotopic (exact) mass is 262 g/mol. The topological polar surface area (TPSA) is 33.3 Å². The summed E-state index contributed by atoms with van der Waals surface area (Å²) in [7, 11) is 1.75. The van der Waals surface area contributed by atoms with Crippen LogP contribution in [0.3, 0.4) is 0 Å². The number of hydrogen-bond acceptors (Lipinski definition) is 3. The van der Waals surface area contributed by atoms with Crippen molar-refractivity contribution in [2.75, 3.05) is 26.7 Å². The Morgan fingerprint density at radius 2 is 2.32 bits per heavy atom.